The van der Waals surface area contributed by atoms with E-state index in [0.29, 0.717) is 46.9 Å². The molecular formula is C43H52N8O10. The number of aliphatic hydroxyl groups is 1. The van der Waals surface area contributed by atoms with Crippen LogP contribution >= 0.6 is 0 Å². The zero-order chi connectivity index (χ0) is 44.4. The van der Waals surface area contributed by atoms with Crippen LogP contribution in [0.25, 0.3) is 22.3 Å². The molecule has 0 unspecified atom stereocenters. The zero-order valence-corrected chi connectivity index (χ0v) is 35.3. The maximum absolute atomic E-state index is 13.7. The van der Waals surface area contributed by atoms with Gasteiger partial charge in [-0.3, -0.25) is 9.59 Å². The molecule has 324 valence electrons. The summed E-state index contributed by atoms with van der Waals surface area (Å²) in [6.45, 7) is 7.57. The van der Waals surface area contributed by atoms with E-state index in [1.807, 2.05) is 25.1 Å². The standard InChI is InChI=1S/C43H52N8O10/c1-8-43(58)30-19-33-35-25(21-51(33)37(53)29(30)23-59-38(43)54)18-27-28(22-49(5)6)34(16-15-31(27)47-35)60-41(57)50(7)20-24-11-13-26(14-12-24)46-36(52)32(10-9-17-45-39(44)55)48-40(56)61-42(2,3)4/h11-16,18-19,32,58H,8-10,17,20-23H2,1-7H3,(H,46,52)(H,48,56)(H3,44,45,55)/t32-,43-/m0/s1. The van der Waals surface area contributed by atoms with E-state index in [4.69, 9.17) is 24.9 Å². The molecule has 2 aromatic carbocycles. The third-order valence-corrected chi connectivity index (χ3v) is 10.4. The third-order valence-electron chi connectivity index (χ3n) is 10.4. The molecule has 0 bridgehead atoms. The summed E-state index contributed by atoms with van der Waals surface area (Å²) in [5.41, 5.74) is 6.87. The zero-order valence-electron chi connectivity index (χ0n) is 35.3. The van der Waals surface area contributed by atoms with E-state index < -0.39 is 47.3 Å². The van der Waals surface area contributed by atoms with Crippen molar-refractivity contribution in [3.8, 4) is 17.1 Å². The number of anilines is 1. The first-order chi connectivity index (χ1) is 28.8. The Kier molecular flexibility index (Phi) is 12.7. The smallest absolute Gasteiger partial charge is 0.415 e. The number of esters is 1. The number of hydrogen-bond acceptors (Lipinski definition) is 12. The molecule has 4 heterocycles. The molecule has 2 atom stereocenters. The number of benzene rings is 2. The molecule has 6 N–H and O–H groups in total. The predicted molar refractivity (Wildman–Crippen MR) is 224 cm³/mol. The number of rotatable bonds is 13. The van der Waals surface area contributed by atoms with Crippen molar-refractivity contribution < 1.29 is 43.3 Å². The van der Waals surface area contributed by atoms with Gasteiger partial charge in [0.1, 0.15) is 24.0 Å². The fourth-order valence-electron chi connectivity index (χ4n) is 7.34. The lowest BCUT2D eigenvalue weighted by atomic mass is 9.86. The van der Waals surface area contributed by atoms with Crippen molar-refractivity contribution in [2.75, 3.05) is 33.0 Å². The molecule has 0 saturated heterocycles. The van der Waals surface area contributed by atoms with Gasteiger partial charge < -0.3 is 55.4 Å². The van der Waals surface area contributed by atoms with E-state index in [9.17, 15) is 33.9 Å². The van der Waals surface area contributed by atoms with Gasteiger partial charge in [0.2, 0.25) is 5.91 Å². The van der Waals surface area contributed by atoms with Crippen molar-refractivity contribution in [2.45, 2.75) is 90.4 Å². The molecule has 0 radical (unpaired) electrons. The first-order valence-electron chi connectivity index (χ1n) is 19.9. The number of ether oxygens (including phenoxy) is 3. The summed E-state index contributed by atoms with van der Waals surface area (Å²) in [6, 6.07) is 12.2. The van der Waals surface area contributed by atoms with Crippen LogP contribution in [0.4, 0.5) is 20.1 Å². The Morgan fingerprint density at radius 3 is 2.43 bits per heavy atom. The van der Waals surface area contributed by atoms with Gasteiger partial charge in [-0.2, -0.15) is 0 Å². The van der Waals surface area contributed by atoms with Gasteiger partial charge in [-0.15, -0.1) is 0 Å². The van der Waals surface area contributed by atoms with E-state index >= 15 is 0 Å². The summed E-state index contributed by atoms with van der Waals surface area (Å²) in [5, 5.41) is 19.8. The molecule has 4 aromatic rings. The fraction of sp³-hybridized carbons (Fsp3) is 0.419. The molecule has 61 heavy (non-hydrogen) atoms. The van der Waals surface area contributed by atoms with Crippen LogP contribution in [0.1, 0.15) is 74.8 Å². The topological polar surface area (TPSA) is 237 Å². The van der Waals surface area contributed by atoms with Crippen LogP contribution in [-0.2, 0) is 50.9 Å². The lowest BCUT2D eigenvalue weighted by Gasteiger charge is -2.31. The number of hydrogen-bond donors (Lipinski definition) is 5. The number of nitrogens with two attached hydrogens (primary N) is 1. The molecule has 18 heteroatoms. The number of pyridine rings is 2. The Morgan fingerprint density at radius 1 is 1.05 bits per heavy atom. The molecule has 6 rings (SSSR count). The van der Waals surface area contributed by atoms with Crippen molar-refractivity contribution in [3.63, 3.8) is 0 Å². The first kappa shape index (κ1) is 44.0. The van der Waals surface area contributed by atoms with Gasteiger partial charge in [0.25, 0.3) is 5.56 Å². The van der Waals surface area contributed by atoms with Crippen molar-refractivity contribution in [2.24, 2.45) is 5.73 Å². The van der Waals surface area contributed by atoms with Gasteiger partial charge in [0.05, 0.1) is 29.0 Å². The largest absolute Gasteiger partial charge is 0.458 e. The highest BCUT2D eigenvalue weighted by atomic mass is 16.6. The number of cyclic esters (lactones) is 1. The monoisotopic (exact) mass is 840 g/mol. The molecule has 2 aromatic heterocycles. The number of amides is 5. The number of nitrogens with zero attached hydrogens (tertiary/aromatic N) is 4. The second kappa shape index (κ2) is 17.6. The number of primary amides is 1. The maximum Gasteiger partial charge on any atom is 0.415 e. The summed E-state index contributed by atoms with van der Waals surface area (Å²) in [4.78, 5) is 84.9. The summed E-state index contributed by atoms with van der Waals surface area (Å²) in [5.74, 6) is -0.940. The molecule has 0 saturated carbocycles. The maximum atomic E-state index is 13.7. The molecule has 2 aliphatic heterocycles. The second-order valence-electron chi connectivity index (χ2n) is 16.5. The Bertz CT molecular complexity index is 2440. The van der Waals surface area contributed by atoms with E-state index in [1.54, 1.807) is 81.8 Å². The first-order valence-corrected chi connectivity index (χ1v) is 19.9. The number of alkyl carbamates (subject to hydrolysis) is 1. The van der Waals surface area contributed by atoms with Crippen molar-refractivity contribution in [1.82, 2.24) is 30.0 Å². The van der Waals surface area contributed by atoms with E-state index in [2.05, 4.69) is 16.0 Å². The highest BCUT2D eigenvalue weighted by Crippen LogP contribution is 2.40. The Balaban J connectivity index is 1.16. The summed E-state index contributed by atoms with van der Waals surface area (Å²) < 4.78 is 18.1. The Morgan fingerprint density at radius 2 is 1.77 bits per heavy atom. The lowest BCUT2D eigenvalue weighted by Crippen LogP contribution is -2.46. The Labute approximate surface area is 352 Å². The third kappa shape index (κ3) is 9.76. The van der Waals surface area contributed by atoms with Crippen molar-refractivity contribution in [3.05, 3.63) is 86.7 Å². The minimum Gasteiger partial charge on any atom is -0.458 e. The summed E-state index contributed by atoms with van der Waals surface area (Å²) >= 11 is 0. The molecular weight excluding hydrogens is 789 g/mol. The molecule has 18 nitrogen and oxygen atoms in total. The van der Waals surface area contributed by atoms with Gasteiger partial charge in [-0.25, -0.2) is 24.2 Å². The molecule has 0 aliphatic carbocycles. The van der Waals surface area contributed by atoms with Gasteiger partial charge in [-0.1, -0.05) is 19.1 Å². The number of carbonyl (C=O) groups is 5. The molecule has 5 amide bonds. The SMILES string of the molecule is CC[C@@]1(O)C(=O)OCc2c1cc1n(c2=O)Cc2cc3c(CN(C)C)c(OC(=O)N(C)Cc4ccc(NC(=O)[C@H](CCCNC(N)=O)NC(=O)OC(C)(C)C)cc4)ccc3nc2-1. The molecule has 2 aliphatic rings. The molecule has 0 spiro atoms. The average Bonchev–Trinajstić information content (AvgIpc) is 3.55. The summed E-state index contributed by atoms with van der Waals surface area (Å²) in [6.07, 6.45) is -0.776. The van der Waals surface area contributed by atoms with Crippen LogP contribution < -0.4 is 32.0 Å². The molecule has 0 fully saturated rings. The number of carbonyl (C=O) groups excluding carboxylic acids is 5. The minimum absolute atomic E-state index is 0.0383. The minimum atomic E-state index is -1.93. The predicted octanol–water partition coefficient (Wildman–Crippen LogP) is 4.05. The van der Waals surface area contributed by atoms with Crippen LogP contribution in [0.2, 0.25) is 0 Å². The van der Waals surface area contributed by atoms with E-state index in [1.165, 1.54) is 4.90 Å². The van der Waals surface area contributed by atoms with Crippen LogP contribution in [0, 0.1) is 0 Å². The van der Waals surface area contributed by atoms with Gasteiger partial charge >= 0.3 is 24.2 Å². The van der Waals surface area contributed by atoms with Gasteiger partial charge in [0, 0.05) is 54.4 Å². The van der Waals surface area contributed by atoms with E-state index in [0.717, 1.165) is 16.5 Å². The van der Waals surface area contributed by atoms with Crippen molar-refractivity contribution in [1.29, 1.82) is 0 Å². The lowest BCUT2D eigenvalue weighted by molar-refractivity contribution is -0.172. The average molecular weight is 841 g/mol. The van der Waals surface area contributed by atoms with Crippen LogP contribution in [0.5, 0.6) is 5.75 Å². The Hall–Kier alpha value is -6.53. The number of aromatic nitrogens is 2. The van der Waals surface area contributed by atoms with Crippen molar-refractivity contribution >= 4 is 46.7 Å². The van der Waals surface area contributed by atoms with Gasteiger partial charge in [0.15, 0.2) is 5.60 Å². The highest BCUT2D eigenvalue weighted by Gasteiger charge is 2.45. The second-order valence-corrected chi connectivity index (χ2v) is 16.5. The van der Waals surface area contributed by atoms with Crippen LogP contribution in [0.3, 0.4) is 0 Å². The normalized spacial score (nSPS) is 15.9. The summed E-state index contributed by atoms with van der Waals surface area (Å²) in [7, 11) is 5.39. The van der Waals surface area contributed by atoms with Crippen LogP contribution in [0.15, 0.2) is 53.3 Å². The van der Waals surface area contributed by atoms with Crippen LogP contribution in [-0.4, -0.2) is 93.9 Å². The van der Waals surface area contributed by atoms with Gasteiger partial charge in [-0.05, 0) is 96.1 Å². The number of nitrogens with one attached hydrogen (secondary N) is 3. The number of fused-ring (bicyclic) bond motifs is 5. The van der Waals surface area contributed by atoms with E-state index in [-0.39, 0.29) is 55.8 Å². The quantitative estimate of drug-likeness (QED) is 0.0834. The number of urea groups is 1. The highest BCUT2D eigenvalue weighted by molar-refractivity contribution is 5.96. The fourth-order valence-corrected chi connectivity index (χ4v) is 7.34.